The van der Waals surface area contributed by atoms with E-state index in [-0.39, 0.29) is 10.8 Å². The van der Waals surface area contributed by atoms with Gasteiger partial charge in [0.15, 0.2) is 5.79 Å². The highest BCUT2D eigenvalue weighted by atomic mass is 16.7. The Morgan fingerprint density at radius 3 is 2.83 bits per heavy atom. The first-order valence-electron chi connectivity index (χ1n) is 9.28. The van der Waals surface area contributed by atoms with Crippen LogP contribution in [0.2, 0.25) is 0 Å². The van der Waals surface area contributed by atoms with E-state index in [1.807, 2.05) is 6.08 Å². The van der Waals surface area contributed by atoms with E-state index < -0.39 is 11.4 Å². The zero-order valence-corrected chi connectivity index (χ0v) is 14.4. The van der Waals surface area contributed by atoms with Gasteiger partial charge >= 0.3 is 0 Å². The number of ether oxygens (including phenoxy) is 2. The number of hydrogen-bond donors (Lipinski definition) is 1. The lowest BCUT2D eigenvalue weighted by atomic mass is 9.51. The fraction of sp³-hybridized carbons (Fsp3) is 0.800. The van der Waals surface area contributed by atoms with E-state index >= 15 is 0 Å². The van der Waals surface area contributed by atoms with Gasteiger partial charge in [-0.25, -0.2) is 0 Å². The van der Waals surface area contributed by atoms with Crippen LogP contribution in [0.5, 0.6) is 0 Å². The van der Waals surface area contributed by atoms with Gasteiger partial charge in [0, 0.05) is 17.3 Å². The Hall–Kier alpha value is -0.640. The van der Waals surface area contributed by atoms with E-state index in [0.717, 1.165) is 64.6 Å². The molecule has 4 aliphatic rings. The Kier molecular flexibility index (Phi) is 3.57. The molecule has 0 aromatic heterocycles. The molecule has 3 heteroatoms. The summed E-state index contributed by atoms with van der Waals surface area (Å²) in [4.78, 5) is 0. The maximum Gasteiger partial charge on any atom is 0.174 e. The molecule has 1 aliphatic heterocycles. The third-order valence-corrected chi connectivity index (χ3v) is 7.44. The van der Waals surface area contributed by atoms with Crippen molar-refractivity contribution in [1.29, 1.82) is 0 Å². The van der Waals surface area contributed by atoms with E-state index in [0.29, 0.717) is 5.92 Å². The summed E-state index contributed by atoms with van der Waals surface area (Å²) in [6, 6.07) is 0. The second kappa shape index (κ2) is 5.18. The van der Waals surface area contributed by atoms with E-state index in [9.17, 15) is 5.11 Å². The summed E-state index contributed by atoms with van der Waals surface area (Å²) in [5.41, 5.74) is -0.618. The van der Waals surface area contributed by atoms with Crippen LogP contribution in [0, 0.1) is 16.7 Å². The quantitative estimate of drug-likeness (QED) is 0.629. The molecule has 1 N–H and O–H groups in total. The Labute approximate surface area is 139 Å². The van der Waals surface area contributed by atoms with Gasteiger partial charge in [0.25, 0.3) is 0 Å². The van der Waals surface area contributed by atoms with Gasteiger partial charge in [0.2, 0.25) is 0 Å². The number of unbranched alkanes of at least 4 members (excludes halogenated alkanes) is 1. The average molecular weight is 318 g/mol. The predicted octanol–water partition coefficient (Wildman–Crippen LogP) is 3.97. The first-order valence-corrected chi connectivity index (χ1v) is 9.28. The zero-order valence-electron chi connectivity index (χ0n) is 14.4. The number of aliphatic hydroxyl groups is 1. The third kappa shape index (κ3) is 1.99. The van der Waals surface area contributed by atoms with Crippen LogP contribution in [0.1, 0.15) is 58.3 Å². The van der Waals surface area contributed by atoms with Crippen molar-refractivity contribution in [1.82, 2.24) is 0 Å². The highest BCUT2D eigenvalue weighted by molar-refractivity contribution is 5.25. The Balaban J connectivity index is 1.68. The molecule has 3 nitrogen and oxygen atoms in total. The molecule has 2 saturated carbocycles. The minimum absolute atomic E-state index is 0.0121. The van der Waals surface area contributed by atoms with Gasteiger partial charge in [-0.15, -0.1) is 6.58 Å². The van der Waals surface area contributed by atoms with Crippen LogP contribution in [0.25, 0.3) is 0 Å². The van der Waals surface area contributed by atoms with Crippen LogP contribution in [0.4, 0.5) is 0 Å². The van der Waals surface area contributed by atoms with Crippen LogP contribution in [-0.4, -0.2) is 29.7 Å². The summed E-state index contributed by atoms with van der Waals surface area (Å²) in [6.45, 7) is 7.58. The largest absolute Gasteiger partial charge is 0.385 e. The summed E-state index contributed by atoms with van der Waals surface area (Å²) in [7, 11) is 0. The first kappa shape index (κ1) is 15.9. The van der Waals surface area contributed by atoms with Crippen LogP contribution in [0.3, 0.4) is 0 Å². The van der Waals surface area contributed by atoms with Gasteiger partial charge in [-0.05, 0) is 50.9 Å². The molecular formula is C20H30O3. The molecule has 1 unspecified atom stereocenters. The van der Waals surface area contributed by atoms with Crippen molar-refractivity contribution in [3.05, 3.63) is 24.8 Å². The number of hydrogen-bond acceptors (Lipinski definition) is 3. The molecule has 23 heavy (non-hydrogen) atoms. The second-order valence-corrected chi connectivity index (χ2v) is 8.49. The highest BCUT2D eigenvalue weighted by Crippen LogP contribution is 2.71. The van der Waals surface area contributed by atoms with Gasteiger partial charge in [-0.2, -0.15) is 0 Å². The maximum atomic E-state index is 11.6. The molecule has 4 atom stereocenters. The predicted molar refractivity (Wildman–Crippen MR) is 89.9 cm³/mol. The summed E-state index contributed by atoms with van der Waals surface area (Å²) >= 11 is 0. The van der Waals surface area contributed by atoms with E-state index in [1.165, 1.54) is 0 Å². The maximum absolute atomic E-state index is 11.6. The second-order valence-electron chi connectivity index (χ2n) is 8.49. The summed E-state index contributed by atoms with van der Waals surface area (Å²) in [5.74, 6) is 0.0696. The van der Waals surface area contributed by atoms with Gasteiger partial charge < -0.3 is 14.6 Å². The number of rotatable bonds is 4. The molecule has 1 saturated heterocycles. The van der Waals surface area contributed by atoms with Crippen molar-refractivity contribution in [2.24, 2.45) is 16.7 Å². The summed E-state index contributed by atoms with van der Waals surface area (Å²) < 4.78 is 12.4. The molecule has 0 aromatic carbocycles. The molecule has 0 amide bonds. The van der Waals surface area contributed by atoms with Crippen LogP contribution >= 0.6 is 0 Å². The van der Waals surface area contributed by atoms with Crippen molar-refractivity contribution in [3.8, 4) is 0 Å². The molecule has 3 fully saturated rings. The lowest BCUT2D eigenvalue weighted by Gasteiger charge is -2.58. The molecule has 128 valence electrons. The van der Waals surface area contributed by atoms with Gasteiger partial charge in [0.05, 0.1) is 18.8 Å². The Morgan fingerprint density at radius 1 is 1.30 bits per heavy atom. The van der Waals surface area contributed by atoms with Crippen molar-refractivity contribution < 1.29 is 14.6 Å². The number of allylic oxidation sites excluding steroid dienone is 2. The molecule has 1 heterocycles. The Morgan fingerprint density at radius 2 is 2.09 bits per heavy atom. The fourth-order valence-corrected chi connectivity index (χ4v) is 6.21. The summed E-state index contributed by atoms with van der Waals surface area (Å²) in [5, 5.41) is 11.6. The molecule has 2 spiro atoms. The lowest BCUT2D eigenvalue weighted by Crippen LogP contribution is -2.60. The smallest absolute Gasteiger partial charge is 0.174 e. The monoisotopic (exact) mass is 318 g/mol. The summed E-state index contributed by atoms with van der Waals surface area (Å²) in [6.07, 6.45) is 14.3. The molecule has 0 radical (unpaired) electrons. The third-order valence-electron chi connectivity index (χ3n) is 7.44. The Bertz CT molecular complexity index is 521. The first-order chi connectivity index (χ1) is 11.0. The van der Waals surface area contributed by atoms with Gasteiger partial charge in [0.1, 0.15) is 0 Å². The van der Waals surface area contributed by atoms with Gasteiger partial charge in [-0.3, -0.25) is 0 Å². The minimum atomic E-state index is -0.670. The molecule has 3 aliphatic carbocycles. The van der Waals surface area contributed by atoms with Crippen molar-refractivity contribution in [2.45, 2.75) is 69.7 Å². The zero-order chi connectivity index (χ0) is 16.2. The average Bonchev–Trinajstić information content (AvgIpc) is 3.10. The van der Waals surface area contributed by atoms with E-state index in [2.05, 4.69) is 25.7 Å². The van der Waals surface area contributed by atoms with Gasteiger partial charge in [-0.1, -0.05) is 25.2 Å². The molecule has 0 aromatic rings. The van der Waals surface area contributed by atoms with Crippen LogP contribution in [-0.2, 0) is 9.47 Å². The number of fused-ring (bicyclic) bond motifs is 2. The van der Waals surface area contributed by atoms with E-state index in [4.69, 9.17) is 9.47 Å². The topological polar surface area (TPSA) is 38.7 Å². The fourth-order valence-electron chi connectivity index (χ4n) is 6.21. The van der Waals surface area contributed by atoms with Crippen molar-refractivity contribution in [2.75, 3.05) is 13.2 Å². The normalized spacial score (nSPS) is 47.0. The molecule has 2 bridgehead atoms. The van der Waals surface area contributed by atoms with Crippen LogP contribution in [0.15, 0.2) is 24.8 Å². The molecular weight excluding hydrogens is 288 g/mol. The van der Waals surface area contributed by atoms with Crippen molar-refractivity contribution >= 4 is 0 Å². The van der Waals surface area contributed by atoms with E-state index in [1.54, 1.807) is 0 Å². The molecule has 4 rings (SSSR count). The standard InChI is InChI=1S/C20H30O3/c1-3-4-5-8-19(21)9-6-7-16-14-20(22-12-13-23-20)17(2)10-11-18(16,19)15-17/h3,6,9,16,21H,1,4-5,7-8,10-15H2,2H3/t16-,17-,18-,19?/m0/s1. The van der Waals surface area contributed by atoms with Crippen molar-refractivity contribution in [3.63, 3.8) is 0 Å². The minimum Gasteiger partial charge on any atom is -0.385 e. The SMILES string of the molecule is C=CCCCC1(O)C=CC[C@H]2CC3(OCCO3)[C@@]3(C)CC[C@]21C3. The van der Waals surface area contributed by atoms with Crippen LogP contribution < -0.4 is 0 Å². The lowest BCUT2D eigenvalue weighted by molar-refractivity contribution is -0.276. The highest BCUT2D eigenvalue weighted by Gasteiger charge is 2.71.